The van der Waals surface area contributed by atoms with Gasteiger partial charge in [-0.05, 0) is 31.8 Å². The molecule has 0 amide bonds. The van der Waals surface area contributed by atoms with Crippen LogP contribution in [0.5, 0.6) is 0 Å². The van der Waals surface area contributed by atoms with Crippen molar-refractivity contribution in [3.63, 3.8) is 0 Å². The summed E-state index contributed by atoms with van der Waals surface area (Å²) in [5, 5.41) is 10.4. The van der Waals surface area contributed by atoms with E-state index in [0.29, 0.717) is 0 Å². The molecule has 2 saturated heterocycles. The third-order valence-electron chi connectivity index (χ3n) is 5.57. The number of hydrogen-bond acceptors (Lipinski definition) is 5. The highest BCUT2D eigenvalue weighted by molar-refractivity contribution is 4.91. The molecule has 2 fully saturated rings. The molecule has 136 valence electrons. The Kier molecular flexibility index (Phi) is 6.27. The first-order chi connectivity index (χ1) is 11.6. The van der Waals surface area contributed by atoms with Crippen LogP contribution in [0.1, 0.15) is 25.6 Å². The molecule has 1 aromatic heterocycles. The minimum Gasteiger partial charge on any atom is -0.390 e. The lowest BCUT2D eigenvalue weighted by atomic mass is 9.99. The van der Waals surface area contributed by atoms with Gasteiger partial charge in [0.25, 0.3) is 0 Å². The second-order valence-electron chi connectivity index (χ2n) is 7.67. The number of aryl methyl sites for hydroxylation is 1. The maximum absolute atomic E-state index is 10.4. The van der Waals surface area contributed by atoms with E-state index in [1.165, 1.54) is 12.8 Å². The average molecular weight is 335 g/mol. The normalized spacial score (nSPS) is 23.6. The monoisotopic (exact) mass is 335 g/mol. The highest BCUT2D eigenvalue weighted by atomic mass is 16.3. The smallest absolute Gasteiger partial charge is 0.122 e. The summed E-state index contributed by atoms with van der Waals surface area (Å²) in [6.45, 7) is 11.4. The van der Waals surface area contributed by atoms with E-state index < -0.39 is 0 Å². The van der Waals surface area contributed by atoms with Crippen LogP contribution in [0.3, 0.4) is 0 Å². The Bertz CT molecular complexity index is 489. The number of aromatic nitrogens is 2. The molecule has 1 atom stereocenters. The molecule has 3 rings (SSSR count). The van der Waals surface area contributed by atoms with Crippen molar-refractivity contribution in [2.75, 3.05) is 52.4 Å². The van der Waals surface area contributed by atoms with Crippen LogP contribution in [0.4, 0.5) is 0 Å². The van der Waals surface area contributed by atoms with Crippen molar-refractivity contribution in [3.05, 3.63) is 18.2 Å². The van der Waals surface area contributed by atoms with Crippen LogP contribution in [0, 0.1) is 5.92 Å². The van der Waals surface area contributed by atoms with E-state index in [9.17, 15) is 5.11 Å². The van der Waals surface area contributed by atoms with Crippen molar-refractivity contribution >= 4 is 0 Å². The highest BCUT2D eigenvalue weighted by Crippen LogP contribution is 2.16. The first kappa shape index (κ1) is 17.9. The summed E-state index contributed by atoms with van der Waals surface area (Å²) >= 11 is 0. The summed E-state index contributed by atoms with van der Waals surface area (Å²) in [4.78, 5) is 11.7. The predicted octanol–water partition coefficient (Wildman–Crippen LogP) is 0.631. The van der Waals surface area contributed by atoms with Crippen molar-refractivity contribution in [2.45, 2.75) is 32.4 Å². The fourth-order valence-corrected chi connectivity index (χ4v) is 3.78. The molecule has 0 unspecified atom stereocenters. The van der Waals surface area contributed by atoms with E-state index in [4.69, 9.17) is 0 Å². The van der Waals surface area contributed by atoms with Gasteiger partial charge in [-0.2, -0.15) is 0 Å². The molecule has 1 N–H and O–H groups in total. The van der Waals surface area contributed by atoms with Gasteiger partial charge in [-0.25, -0.2) is 4.98 Å². The first-order valence-corrected chi connectivity index (χ1v) is 9.41. The third kappa shape index (κ3) is 5.02. The van der Waals surface area contributed by atoms with E-state index in [0.717, 1.165) is 70.6 Å². The summed E-state index contributed by atoms with van der Waals surface area (Å²) in [5.41, 5.74) is 0. The zero-order valence-electron chi connectivity index (χ0n) is 15.3. The topological polar surface area (TPSA) is 47.8 Å². The zero-order valence-corrected chi connectivity index (χ0v) is 15.3. The number of piperazine rings is 1. The van der Waals surface area contributed by atoms with Gasteiger partial charge in [0.15, 0.2) is 0 Å². The standard InChI is InChI=1S/C18H33N5O/c1-16-3-6-21(7-4-16)13-17(24)14-22-9-11-23(12-10-22)15-18-19-5-8-20(18)2/h5,8,16-17,24H,3-4,6-7,9-15H2,1-2H3/t17-/m1/s1. The maximum Gasteiger partial charge on any atom is 0.122 e. The molecule has 2 aliphatic heterocycles. The Morgan fingerprint density at radius 1 is 1.04 bits per heavy atom. The van der Waals surface area contributed by atoms with Crippen molar-refractivity contribution in [1.29, 1.82) is 0 Å². The van der Waals surface area contributed by atoms with E-state index in [1.807, 2.05) is 12.4 Å². The SMILES string of the molecule is CC1CCN(C[C@@H](O)CN2CCN(Cc3nccn3C)CC2)CC1. The van der Waals surface area contributed by atoms with Crippen LogP contribution in [0.15, 0.2) is 12.4 Å². The quantitative estimate of drug-likeness (QED) is 0.826. The van der Waals surface area contributed by atoms with Crippen LogP contribution in [-0.4, -0.2) is 87.8 Å². The lowest BCUT2D eigenvalue weighted by Crippen LogP contribution is -2.50. The molecular formula is C18H33N5O. The molecule has 0 aromatic carbocycles. The lowest BCUT2D eigenvalue weighted by molar-refractivity contribution is 0.0410. The third-order valence-corrected chi connectivity index (χ3v) is 5.57. The molecule has 0 saturated carbocycles. The Morgan fingerprint density at radius 3 is 2.21 bits per heavy atom. The number of aliphatic hydroxyl groups is 1. The Hall–Kier alpha value is -0.950. The number of aliphatic hydroxyl groups excluding tert-OH is 1. The van der Waals surface area contributed by atoms with Gasteiger partial charge < -0.3 is 14.6 Å². The molecule has 24 heavy (non-hydrogen) atoms. The van der Waals surface area contributed by atoms with Crippen LogP contribution in [-0.2, 0) is 13.6 Å². The molecule has 0 aliphatic carbocycles. The molecule has 6 heteroatoms. The van der Waals surface area contributed by atoms with Gasteiger partial charge in [-0.1, -0.05) is 6.92 Å². The maximum atomic E-state index is 10.4. The van der Waals surface area contributed by atoms with Crippen LogP contribution in [0.2, 0.25) is 0 Å². The summed E-state index contributed by atoms with van der Waals surface area (Å²) in [7, 11) is 2.05. The van der Waals surface area contributed by atoms with Gasteiger partial charge in [-0.3, -0.25) is 9.80 Å². The number of piperidine rings is 1. The Labute approximate surface area is 146 Å². The van der Waals surface area contributed by atoms with Gasteiger partial charge in [-0.15, -0.1) is 0 Å². The van der Waals surface area contributed by atoms with Crippen molar-refractivity contribution < 1.29 is 5.11 Å². The molecule has 0 bridgehead atoms. The number of nitrogens with zero attached hydrogens (tertiary/aromatic N) is 5. The number of hydrogen-bond donors (Lipinski definition) is 1. The van der Waals surface area contributed by atoms with E-state index in [-0.39, 0.29) is 6.10 Å². The minimum absolute atomic E-state index is 0.223. The summed E-state index contributed by atoms with van der Waals surface area (Å²) in [6.07, 6.45) is 6.20. The van der Waals surface area contributed by atoms with Crippen LogP contribution in [0.25, 0.3) is 0 Å². The molecule has 2 aliphatic rings. The molecular weight excluding hydrogens is 302 g/mol. The van der Waals surface area contributed by atoms with Crippen molar-refractivity contribution in [2.24, 2.45) is 13.0 Å². The number of rotatable bonds is 6. The van der Waals surface area contributed by atoms with Crippen molar-refractivity contribution in [3.8, 4) is 0 Å². The predicted molar refractivity (Wildman–Crippen MR) is 95.8 cm³/mol. The Morgan fingerprint density at radius 2 is 1.62 bits per heavy atom. The van der Waals surface area contributed by atoms with Gasteiger partial charge in [0.2, 0.25) is 0 Å². The van der Waals surface area contributed by atoms with Gasteiger partial charge in [0, 0.05) is 58.7 Å². The van der Waals surface area contributed by atoms with E-state index >= 15 is 0 Å². The van der Waals surface area contributed by atoms with Gasteiger partial charge >= 0.3 is 0 Å². The minimum atomic E-state index is -0.223. The molecule has 0 radical (unpaired) electrons. The molecule has 0 spiro atoms. The number of imidazole rings is 1. The average Bonchev–Trinajstić information content (AvgIpc) is 2.96. The van der Waals surface area contributed by atoms with Crippen LogP contribution >= 0.6 is 0 Å². The fourth-order valence-electron chi connectivity index (χ4n) is 3.78. The molecule has 1 aromatic rings. The summed E-state index contributed by atoms with van der Waals surface area (Å²) in [5.74, 6) is 1.98. The van der Waals surface area contributed by atoms with Gasteiger partial charge in [0.05, 0.1) is 12.6 Å². The zero-order chi connectivity index (χ0) is 16.9. The molecule has 3 heterocycles. The first-order valence-electron chi connectivity index (χ1n) is 9.41. The second-order valence-corrected chi connectivity index (χ2v) is 7.67. The van der Waals surface area contributed by atoms with Crippen LogP contribution < -0.4 is 0 Å². The summed E-state index contributed by atoms with van der Waals surface area (Å²) in [6, 6.07) is 0. The lowest BCUT2D eigenvalue weighted by Gasteiger charge is -2.37. The van der Waals surface area contributed by atoms with Crippen molar-refractivity contribution in [1.82, 2.24) is 24.3 Å². The Balaban J connectivity index is 1.35. The number of likely N-dealkylation sites (tertiary alicyclic amines) is 1. The summed E-state index contributed by atoms with van der Waals surface area (Å²) < 4.78 is 2.09. The molecule has 6 nitrogen and oxygen atoms in total. The highest BCUT2D eigenvalue weighted by Gasteiger charge is 2.22. The number of β-amino-alcohol motifs (C(OH)–C–C–N with tert-alkyl or cyclic N) is 1. The van der Waals surface area contributed by atoms with E-state index in [2.05, 4.69) is 38.2 Å². The van der Waals surface area contributed by atoms with Gasteiger partial charge in [0.1, 0.15) is 5.82 Å². The fraction of sp³-hybridized carbons (Fsp3) is 0.833. The van der Waals surface area contributed by atoms with E-state index in [1.54, 1.807) is 0 Å². The largest absolute Gasteiger partial charge is 0.390 e. The second kappa shape index (κ2) is 8.43.